The number of phenols is 1. The number of phenolic OH excluding ortho intramolecular Hbond substituents is 1. The average molecular weight is 452 g/mol. The highest BCUT2D eigenvalue weighted by molar-refractivity contribution is 5.44. The van der Waals surface area contributed by atoms with E-state index in [0.29, 0.717) is 25.3 Å². The third-order valence-corrected chi connectivity index (χ3v) is 6.32. The fourth-order valence-electron chi connectivity index (χ4n) is 4.73. The molecule has 2 aromatic carbocycles. The average Bonchev–Trinajstić information content (AvgIpc) is 2.70. The van der Waals surface area contributed by atoms with Crippen molar-refractivity contribution in [1.82, 2.24) is 9.80 Å². The molecule has 4 nitrogen and oxygen atoms in total. The van der Waals surface area contributed by atoms with Gasteiger partial charge in [0, 0.05) is 31.6 Å². The molecule has 2 atom stereocenters. The summed E-state index contributed by atoms with van der Waals surface area (Å²) in [7, 11) is 0. The van der Waals surface area contributed by atoms with E-state index >= 15 is 0 Å². The molecule has 2 aromatic rings. The number of ether oxygens (including phenoxy) is 1. The molecule has 1 N–H and O–H groups in total. The van der Waals surface area contributed by atoms with Crippen molar-refractivity contribution in [2.45, 2.75) is 31.6 Å². The first kappa shape index (κ1) is 22.9. The van der Waals surface area contributed by atoms with Gasteiger partial charge in [-0.2, -0.15) is 13.2 Å². The van der Waals surface area contributed by atoms with Gasteiger partial charge in [0.05, 0.1) is 19.3 Å². The van der Waals surface area contributed by atoms with Crippen LogP contribution in [0.2, 0.25) is 0 Å². The van der Waals surface area contributed by atoms with Crippen LogP contribution in [0.1, 0.15) is 29.7 Å². The van der Waals surface area contributed by atoms with Gasteiger partial charge in [0.25, 0.3) is 0 Å². The molecule has 0 bridgehead atoms. The topological polar surface area (TPSA) is 35.9 Å². The normalized spacial score (nSPS) is 22.4. The van der Waals surface area contributed by atoms with Crippen molar-refractivity contribution in [3.8, 4) is 11.5 Å². The van der Waals surface area contributed by atoms with Crippen LogP contribution in [0.4, 0.5) is 17.6 Å². The third-order valence-electron chi connectivity index (χ3n) is 6.32. The van der Waals surface area contributed by atoms with Crippen molar-refractivity contribution < 1.29 is 27.4 Å². The SMILES string of the molecule is CC1Cc2cc(O)ccc2C(c2ccc(OCCN3CC(CF)C3)cc2)N1CC(F)(F)F. The summed E-state index contributed by atoms with van der Waals surface area (Å²) in [6.07, 6.45) is -3.88. The van der Waals surface area contributed by atoms with Crippen molar-refractivity contribution >= 4 is 0 Å². The first-order valence-electron chi connectivity index (χ1n) is 10.9. The van der Waals surface area contributed by atoms with E-state index < -0.39 is 18.8 Å². The van der Waals surface area contributed by atoms with E-state index in [2.05, 4.69) is 4.90 Å². The summed E-state index contributed by atoms with van der Waals surface area (Å²) in [4.78, 5) is 3.60. The molecule has 2 aliphatic rings. The fraction of sp³-hybridized carbons (Fsp3) is 0.500. The van der Waals surface area contributed by atoms with Gasteiger partial charge < -0.3 is 9.84 Å². The Kier molecular flexibility index (Phi) is 6.62. The maximum atomic E-state index is 13.4. The molecule has 1 saturated heterocycles. The second kappa shape index (κ2) is 9.27. The molecule has 2 unspecified atom stereocenters. The van der Waals surface area contributed by atoms with Gasteiger partial charge in [-0.3, -0.25) is 14.2 Å². The molecule has 0 radical (unpaired) electrons. The molecule has 0 saturated carbocycles. The van der Waals surface area contributed by atoms with Crippen LogP contribution >= 0.6 is 0 Å². The van der Waals surface area contributed by atoms with E-state index in [1.165, 1.54) is 11.0 Å². The lowest BCUT2D eigenvalue weighted by Crippen LogP contribution is -2.49. The van der Waals surface area contributed by atoms with Crippen molar-refractivity contribution in [2.75, 3.05) is 39.5 Å². The van der Waals surface area contributed by atoms with Gasteiger partial charge in [0.2, 0.25) is 0 Å². The Morgan fingerprint density at radius 1 is 1.09 bits per heavy atom. The molecule has 8 heteroatoms. The number of rotatable bonds is 7. The van der Waals surface area contributed by atoms with Crippen LogP contribution in [0.15, 0.2) is 42.5 Å². The Morgan fingerprint density at radius 3 is 2.47 bits per heavy atom. The number of nitrogens with zero attached hydrogens (tertiary/aromatic N) is 2. The molecule has 0 spiro atoms. The predicted molar refractivity (Wildman–Crippen MR) is 114 cm³/mol. The Bertz CT molecular complexity index is 913. The predicted octanol–water partition coefficient (Wildman–Crippen LogP) is 4.57. The van der Waals surface area contributed by atoms with Gasteiger partial charge in [-0.1, -0.05) is 18.2 Å². The maximum absolute atomic E-state index is 13.4. The Balaban J connectivity index is 1.50. The Hall–Kier alpha value is -2.32. The molecule has 1 fully saturated rings. The van der Waals surface area contributed by atoms with E-state index in [9.17, 15) is 22.7 Å². The van der Waals surface area contributed by atoms with Crippen LogP contribution in [0.5, 0.6) is 11.5 Å². The highest BCUT2D eigenvalue weighted by Gasteiger charge is 2.40. The Labute approximate surface area is 185 Å². The van der Waals surface area contributed by atoms with Gasteiger partial charge >= 0.3 is 6.18 Å². The van der Waals surface area contributed by atoms with Crippen molar-refractivity contribution in [2.24, 2.45) is 5.92 Å². The lowest BCUT2D eigenvalue weighted by Gasteiger charge is -2.42. The first-order valence-corrected chi connectivity index (χ1v) is 10.9. The molecule has 2 aliphatic heterocycles. The quantitative estimate of drug-likeness (QED) is 0.625. The summed E-state index contributed by atoms with van der Waals surface area (Å²) in [5.41, 5.74) is 2.38. The minimum absolute atomic E-state index is 0.114. The third kappa shape index (κ3) is 5.18. The lowest BCUT2D eigenvalue weighted by molar-refractivity contribution is -0.155. The van der Waals surface area contributed by atoms with Crippen LogP contribution in [0.3, 0.4) is 0 Å². The largest absolute Gasteiger partial charge is 0.508 e. The molecule has 174 valence electrons. The summed E-state index contributed by atoms with van der Waals surface area (Å²) in [5.74, 6) is 0.896. The van der Waals surface area contributed by atoms with E-state index in [-0.39, 0.29) is 24.4 Å². The van der Waals surface area contributed by atoms with Gasteiger partial charge in [-0.05, 0) is 54.3 Å². The lowest BCUT2D eigenvalue weighted by atomic mass is 9.85. The molecule has 4 rings (SSSR count). The van der Waals surface area contributed by atoms with E-state index in [1.54, 1.807) is 43.3 Å². The van der Waals surface area contributed by atoms with Gasteiger partial charge in [-0.15, -0.1) is 0 Å². The number of aromatic hydroxyl groups is 1. The van der Waals surface area contributed by atoms with Gasteiger partial charge in [-0.25, -0.2) is 0 Å². The standard InChI is InChI=1S/C24H28F4N2O2/c1-16-10-19-11-20(31)4-7-22(19)23(30(16)15-24(26,27)28)18-2-5-21(6-3-18)32-9-8-29-13-17(12-25)14-29/h2-7,11,16-17,23,31H,8-10,12-15H2,1H3. The fourth-order valence-corrected chi connectivity index (χ4v) is 4.73. The minimum atomic E-state index is -4.32. The molecular formula is C24H28F4N2O2. The number of benzene rings is 2. The molecule has 0 aliphatic carbocycles. The zero-order valence-corrected chi connectivity index (χ0v) is 18.0. The highest BCUT2D eigenvalue weighted by atomic mass is 19.4. The van der Waals surface area contributed by atoms with Crippen LogP contribution in [-0.2, 0) is 6.42 Å². The second-order valence-corrected chi connectivity index (χ2v) is 8.82. The van der Waals surface area contributed by atoms with Crippen LogP contribution in [0.25, 0.3) is 0 Å². The maximum Gasteiger partial charge on any atom is 0.401 e. The Morgan fingerprint density at radius 2 is 1.81 bits per heavy atom. The molecule has 2 heterocycles. The van der Waals surface area contributed by atoms with Gasteiger partial charge in [0.1, 0.15) is 18.1 Å². The summed E-state index contributed by atoms with van der Waals surface area (Å²) in [6.45, 7) is 3.19. The van der Waals surface area contributed by atoms with Gasteiger partial charge in [0.15, 0.2) is 0 Å². The first-order chi connectivity index (χ1) is 15.2. The number of fused-ring (bicyclic) bond motifs is 1. The van der Waals surface area contributed by atoms with E-state index in [1.807, 2.05) is 0 Å². The zero-order chi connectivity index (χ0) is 22.9. The number of hydrogen-bond donors (Lipinski definition) is 1. The monoisotopic (exact) mass is 452 g/mol. The number of likely N-dealkylation sites (tertiary alicyclic amines) is 1. The summed E-state index contributed by atoms with van der Waals surface area (Å²) < 4.78 is 58.4. The van der Waals surface area contributed by atoms with Crippen molar-refractivity contribution in [1.29, 1.82) is 0 Å². The summed E-state index contributed by atoms with van der Waals surface area (Å²) in [6, 6.07) is 11.1. The van der Waals surface area contributed by atoms with E-state index in [0.717, 1.165) is 29.8 Å². The minimum Gasteiger partial charge on any atom is -0.508 e. The molecular weight excluding hydrogens is 424 g/mol. The number of alkyl halides is 4. The molecule has 32 heavy (non-hydrogen) atoms. The summed E-state index contributed by atoms with van der Waals surface area (Å²) in [5, 5.41) is 9.86. The molecule has 0 amide bonds. The zero-order valence-electron chi connectivity index (χ0n) is 18.0. The number of hydrogen-bond acceptors (Lipinski definition) is 4. The second-order valence-electron chi connectivity index (χ2n) is 8.82. The smallest absolute Gasteiger partial charge is 0.401 e. The van der Waals surface area contributed by atoms with Crippen LogP contribution < -0.4 is 4.74 Å². The van der Waals surface area contributed by atoms with Crippen molar-refractivity contribution in [3.05, 3.63) is 59.2 Å². The van der Waals surface area contributed by atoms with Crippen LogP contribution in [-0.4, -0.2) is 66.6 Å². The van der Waals surface area contributed by atoms with Crippen LogP contribution in [0, 0.1) is 5.92 Å². The van der Waals surface area contributed by atoms with Crippen molar-refractivity contribution in [3.63, 3.8) is 0 Å². The highest BCUT2D eigenvalue weighted by Crippen LogP contribution is 2.41. The molecule has 0 aromatic heterocycles. The van der Waals surface area contributed by atoms with E-state index in [4.69, 9.17) is 4.74 Å². The summed E-state index contributed by atoms with van der Waals surface area (Å²) >= 11 is 0. The number of halogens is 4.